The van der Waals surface area contributed by atoms with Gasteiger partial charge in [-0.25, -0.2) is 0 Å². The Morgan fingerprint density at radius 3 is 2.82 bits per heavy atom. The zero-order chi connectivity index (χ0) is 12.3. The molecule has 1 atom stereocenters. The molecule has 0 saturated heterocycles. The molecule has 1 N–H and O–H groups in total. The van der Waals surface area contributed by atoms with Gasteiger partial charge in [-0.15, -0.1) is 11.6 Å². The van der Waals surface area contributed by atoms with Gasteiger partial charge in [0.15, 0.2) is 5.69 Å². The molecule has 4 nitrogen and oxygen atoms in total. The molecule has 0 radical (unpaired) electrons. The van der Waals surface area contributed by atoms with Crippen LogP contribution in [0.15, 0.2) is 41.1 Å². The fraction of sp³-hybridized carbons (Fsp3) is 0.167. The van der Waals surface area contributed by atoms with E-state index in [1.165, 1.54) is 12.3 Å². The minimum Gasteiger partial charge on any atom is -0.364 e. The molecule has 0 aliphatic carbocycles. The van der Waals surface area contributed by atoms with E-state index in [0.717, 1.165) is 5.56 Å². The highest BCUT2D eigenvalue weighted by atomic mass is 35.5. The highest BCUT2D eigenvalue weighted by molar-refractivity contribution is 6.21. The van der Waals surface area contributed by atoms with Crippen LogP contribution in [0.3, 0.4) is 0 Å². The summed E-state index contributed by atoms with van der Waals surface area (Å²) in [6, 6.07) is 8.88. The summed E-state index contributed by atoms with van der Waals surface area (Å²) in [5.41, 5.74) is 1.79. The Bertz CT molecular complexity index is 509. The van der Waals surface area contributed by atoms with Crippen molar-refractivity contribution in [2.75, 3.05) is 5.32 Å². The summed E-state index contributed by atoms with van der Waals surface area (Å²) in [7, 11) is 0. The van der Waals surface area contributed by atoms with Crippen LogP contribution in [-0.2, 0) is 0 Å². The maximum Gasteiger partial charge on any atom is 0.277 e. The van der Waals surface area contributed by atoms with Gasteiger partial charge in [-0.05, 0) is 18.6 Å². The fourth-order valence-corrected chi connectivity index (χ4v) is 1.66. The van der Waals surface area contributed by atoms with E-state index < -0.39 is 0 Å². The smallest absolute Gasteiger partial charge is 0.277 e. The summed E-state index contributed by atoms with van der Waals surface area (Å²) in [6.45, 7) is 1.85. The lowest BCUT2D eigenvalue weighted by Crippen LogP contribution is -2.13. The standard InChI is InChI=1S/C12H11ClN2O2/c1-8(13)9-4-2-3-5-10(9)14-12(16)11-6-7-17-15-11/h2-8H,1H3,(H,14,16). The third-order valence-corrected chi connectivity index (χ3v) is 2.54. The Morgan fingerprint density at radius 2 is 2.18 bits per heavy atom. The summed E-state index contributed by atoms with van der Waals surface area (Å²) >= 11 is 6.03. The zero-order valence-corrected chi connectivity index (χ0v) is 9.94. The minimum atomic E-state index is -0.316. The number of rotatable bonds is 3. The molecule has 1 amide bonds. The van der Waals surface area contributed by atoms with Crippen LogP contribution in [0.25, 0.3) is 0 Å². The maximum absolute atomic E-state index is 11.8. The predicted octanol–water partition coefficient (Wildman–Crippen LogP) is 3.23. The number of alkyl halides is 1. The maximum atomic E-state index is 11.8. The first-order valence-electron chi connectivity index (χ1n) is 5.13. The molecule has 1 aromatic carbocycles. The minimum absolute atomic E-state index is 0.177. The first kappa shape index (κ1) is 11.7. The largest absolute Gasteiger partial charge is 0.364 e. The van der Waals surface area contributed by atoms with Crippen LogP contribution in [0.1, 0.15) is 28.4 Å². The Hall–Kier alpha value is -1.81. The van der Waals surface area contributed by atoms with E-state index in [0.29, 0.717) is 5.69 Å². The first-order valence-corrected chi connectivity index (χ1v) is 5.57. The van der Waals surface area contributed by atoms with Gasteiger partial charge in [-0.2, -0.15) is 0 Å². The van der Waals surface area contributed by atoms with Gasteiger partial charge in [0.1, 0.15) is 6.26 Å². The number of carbonyl (C=O) groups is 1. The number of para-hydroxylation sites is 1. The van der Waals surface area contributed by atoms with Crippen molar-refractivity contribution >= 4 is 23.2 Å². The molecule has 0 saturated carbocycles. The van der Waals surface area contributed by atoms with Gasteiger partial charge >= 0.3 is 0 Å². The number of anilines is 1. The fourth-order valence-electron chi connectivity index (χ4n) is 1.47. The highest BCUT2D eigenvalue weighted by Crippen LogP contribution is 2.27. The van der Waals surface area contributed by atoms with Gasteiger partial charge in [0.05, 0.1) is 5.38 Å². The van der Waals surface area contributed by atoms with Gasteiger partial charge in [-0.3, -0.25) is 4.79 Å². The van der Waals surface area contributed by atoms with Crippen LogP contribution in [0, 0.1) is 0 Å². The molecular weight excluding hydrogens is 240 g/mol. The van der Waals surface area contributed by atoms with Crippen molar-refractivity contribution in [1.82, 2.24) is 5.16 Å². The van der Waals surface area contributed by atoms with Crippen LogP contribution in [0.2, 0.25) is 0 Å². The second-order valence-electron chi connectivity index (χ2n) is 3.54. The third-order valence-electron chi connectivity index (χ3n) is 2.31. The number of carbonyl (C=O) groups excluding carboxylic acids is 1. The van der Waals surface area contributed by atoms with Crippen LogP contribution < -0.4 is 5.32 Å². The summed E-state index contributed by atoms with van der Waals surface area (Å²) in [5.74, 6) is -0.316. The SMILES string of the molecule is CC(Cl)c1ccccc1NC(=O)c1ccon1. The average Bonchev–Trinajstić information content (AvgIpc) is 2.83. The number of benzene rings is 1. The normalized spacial score (nSPS) is 12.1. The molecule has 2 aromatic rings. The van der Waals surface area contributed by atoms with E-state index in [1.54, 1.807) is 6.07 Å². The summed E-state index contributed by atoms with van der Waals surface area (Å²) in [4.78, 5) is 11.8. The average molecular weight is 251 g/mol. The Labute approximate surface area is 104 Å². The van der Waals surface area contributed by atoms with Crippen LogP contribution >= 0.6 is 11.6 Å². The predicted molar refractivity (Wildman–Crippen MR) is 65.2 cm³/mol. The molecule has 0 fully saturated rings. The molecule has 0 aliphatic heterocycles. The molecule has 2 rings (SSSR count). The number of amides is 1. The van der Waals surface area contributed by atoms with Crippen molar-refractivity contribution in [1.29, 1.82) is 0 Å². The number of nitrogens with one attached hydrogen (secondary N) is 1. The van der Waals surface area contributed by atoms with Gasteiger partial charge in [0, 0.05) is 11.8 Å². The van der Waals surface area contributed by atoms with Crippen LogP contribution in [0.4, 0.5) is 5.69 Å². The lowest BCUT2D eigenvalue weighted by Gasteiger charge is -2.11. The summed E-state index contributed by atoms with van der Waals surface area (Å²) < 4.78 is 4.61. The second-order valence-corrected chi connectivity index (χ2v) is 4.20. The van der Waals surface area contributed by atoms with Gasteiger partial charge in [0.25, 0.3) is 5.91 Å². The molecule has 17 heavy (non-hydrogen) atoms. The Balaban J connectivity index is 2.22. The van der Waals surface area contributed by atoms with Crippen LogP contribution in [-0.4, -0.2) is 11.1 Å². The molecule has 88 valence electrons. The van der Waals surface area contributed by atoms with E-state index in [2.05, 4.69) is 15.0 Å². The zero-order valence-electron chi connectivity index (χ0n) is 9.18. The van der Waals surface area contributed by atoms with Crippen molar-refractivity contribution in [3.05, 3.63) is 47.9 Å². The topological polar surface area (TPSA) is 55.1 Å². The van der Waals surface area contributed by atoms with E-state index in [-0.39, 0.29) is 17.0 Å². The summed E-state index contributed by atoms with van der Waals surface area (Å²) in [5, 5.41) is 6.14. The van der Waals surface area contributed by atoms with Crippen molar-refractivity contribution in [2.45, 2.75) is 12.3 Å². The quantitative estimate of drug-likeness (QED) is 0.851. The van der Waals surface area contributed by atoms with Crippen LogP contribution in [0.5, 0.6) is 0 Å². The van der Waals surface area contributed by atoms with E-state index in [9.17, 15) is 4.79 Å². The van der Waals surface area contributed by atoms with E-state index in [4.69, 9.17) is 11.6 Å². The lowest BCUT2D eigenvalue weighted by molar-refractivity contribution is 0.101. The number of hydrogen-bond donors (Lipinski definition) is 1. The van der Waals surface area contributed by atoms with E-state index >= 15 is 0 Å². The summed E-state index contributed by atoms with van der Waals surface area (Å²) in [6.07, 6.45) is 1.35. The molecule has 0 spiro atoms. The lowest BCUT2D eigenvalue weighted by atomic mass is 10.1. The third kappa shape index (κ3) is 2.65. The Kier molecular flexibility index (Phi) is 3.44. The molecular formula is C12H11ClN2O2. The molecule has 0 aliphatic rings. The Morgan fingerprint density at radius 1 is 1.41 bits per heavy atom. The molecule has 1 heterocycles. The molecule has 5 heteroatoms. The second kappa shape index (κ2) is 5.01. The molecule has 1 unspecified atom stereocenters. The molecule has 0 bridgehead atoms. The van der Waals surface area contributed by atoms with Crippen molar-refractivity contribution in [3.63, 3.8) is 0 Å². The van der Waals surface area contributed by atoms with Crippen molar-refractivity contribution in [2.24, 2.45) is 0 Å². The van der Waals surface area contributed by atoms with Crippen molar-refractivity contribution < 1.29 is 9.32 Å². The highest BCUT2D eigenvalue weighted by Gasteiger charge is 2.13. The van der Waals surface area contributed by atoms with Gasteiger partial charge in [-0.1, -0.05) is 23.4 Å². The molecule has 1 aromatic heterocycles. The van der Waals surface area contributed by atoms with Crippen molar-refractivity contribution in [3.8, 4) is 0 Å². The number of hydrogen-bond acceptors (Lipinski definition) is 3. The number of halogens is 1. The van der Waals surface area contributed by atoms with E-state index in [1.807, 2.05) is 25.1 Å². The van der Waals surface area contributed by atoms with Gasteiger partial charge < -0.3 is 9.84 Å². The first-order chi connectivity index (χ1) is 8.18. The van der Waals surface area contributed by atoms with Gasteiger partial charge in [0.2, 0.25) is 0 Å². The number of aromatic nitrogens is 1. The number of nitrogens with zero attached hydrogens (tertiary/aromatic N) is 1. The monoisotopic (exact) mass is 250 g/mol.